The third kappa shape index (κ3) is 3.32. The number of hydrogen-bond donors (Lipinski definition) is 1. The Kier molecular flexibility index (Phi) is 3.87. The highest BCUT2D eigenvalue weighted by molar-refractivity contribution is 7.89. The maximum Gasteiger partial charge on any atom is 0.238 e. The fraction of sp³-hybridized carbons (Fsp3) is 0.176. The monoisotopic (exact) mass is 355 g/mol. The predicted molar refractivity (Wildman–Crippen MR) is 92.1 cm³/mol. The van der Waals surface area contributed by atoms with Crippen molar-refractivity contribution in [3.8, 4) is 5.69 Å². The fourth-order valence-corrected chi connectivity index (χ4v) is 3.51. The van der Waals surface area contributed by atoms with E-state index in [1.165, 1.54) is 23.3 Å². The molecule has 0 amide bonds. The first-order chi connectivity index (χ1) is 12.0. The zero-order valence-corrected chi connectivity index (χ0v) is 14.2. The van der Waals surface area contributed by atoms with E-state index in [9.17, 15) is 8.42 Å². The molecule has 4 rings (SSSR count). The molecule has 2 aromatic carbocycles. The minimum absolute atomic E-state index is 0.0754. The van der Waals surface area contributed by atoms with Gasteiger partial charge < -0.3 is 0 Å². The van der Waals surface area contributed by atoms with E-state index in [1.807, 2.05) is 0 Å². The van der Waals surface area contributed by atoms with Gasteiger partial charge in [0.2, 0.25) is 10.0 Å². The van der Waals surface area contributed by atoms with Crippen molar-refractivity contribution in [2.75, 3.05) is 0 Å². The highest BCUT2D eigenvalue weighted by atomic mass is 32.2. The lowest BCUT2D eigenvalue weighted by atomic mass is 10.1. The summed E-state index contributed by atoms with van der Waals surface area (Å²) in [5, 5.41) is 9.59. The lowest BCUT2D eigenvalue weighted by Gasteiger charge is -2.11. The normalized spacial score (nSPS) is 14.6. The molecule has 1 aliphatic heterocycles. The Morgan fingerprint density at radius 3 is 2.24 bits per heavy atom. The summed E-state index contributed by atoms with van der Waals surface area (Å²) in [6.45, 7) is 2.46. The van der Waals surface area contributed by atoms with Gasteiger partial charge in [0, 0.05) is 13.1 Å². The molecule has 3 aromatic rings. The molecule has 1 aliphatic rings. The third-order valence-electron chi connectivity index (χ3n) is 4.24. The van der Waals surface area contributed by atoms with Crippen molar-refractivity contribution >= 4 is 10.0 Å². The molecule has 1 aromatic heterocycles. The van der Waals surface area contributed by atoms with Crippen LogP contribution in [0, 0.1) is 0 Å². The second kappa shape index (κ2) is 6.07. The Morgan fingerprint density at radius 2 is 1.64 bits per heavy atom. The molecule has 0 fully saturated rings. The smallest absolute Gasteiger partial charge is 0.238 e. The van der Waals surface area contributed by atoms with Crippen LogP contribution < -0.4 is 5.14 Å². The van der Waals surface area contributed by atoms with Crippen molar-refractivity contribution in [2.45, 2.75) is 24.5 Å². The molecular weight excluding hydrogens is 338 g/mol. The summed E-state index contributed by atoms with van der Waals surface area (Å²) in [4.78, 5) is 6.72. The summed E-state index contributed by atoms with van der Waals surface area (Å²) in [5.74, 6) is 0.725. The quantitative estimate of drug-likeness (QED) is 0.764. The molecule has 0 saturated heterocycles. The zero-order chi connectivity index (χ0) is 17.4. The van der Waals surface area contributed by atoms with E-state index in [4.69, 9.17) is 5.14 Å². The molecule has 2 heterocycles. The molecule has 0 bridgehead atoms. The topological polar surface area (TPSA) is 94.1 Å². The fourth-order valence-electron chi connectivity index (χ4n) is 3.00. The van der Waals surface area contributed by atoms with Crippen LogP contribution in [-0.4, -0.2) is 28.1 Å². The standard InChI is InChI=1S/C17H17N5O2S/c18-25(23,24)16-7-5-15(6-8-16)22-12-19-17(20-22)11-21-9-13-3-1-2-4-14(13)10-21/h1-8,12H,9-11H2,(H2,18,23,24). The SMILES string of the molecule is NS(=O)(=O)c1ccc(-n2cnc(CN3Cc4ccccc4C3)n2)cc1. The lowest BCUT2D eigenvalue weighted by molar-refractivity contribution is 0.268. The minimum Gasteiger partial charge on any atom is -0.287 e. The van der Waals surface area contributed by atoms with E-state index < -0.39 is 10.0 Å². The third-order valence-corrected chi connectivity index (χ3v) is 5.17. The van der Waals surface area contributed by atoms with Crippen LogP contribution in [0.15, 0.2) is 59.8 Å². The van der Waals surface area contributed by atoms with Gasteiger partial charge in [0.25, 0.3) is 0 Å². The van der Waals surface area contributed by atoms with E-state index in [-0.39, 0.29) is 4.90 Å². The summed E-state index contributed by atoms with van der Waals surface area (Å²) >= 11 is 0. The lowest BCUT2D eigenvalue weighted by Crippen LogP contribution is -2.16. The van der Waals surface area contributed by atoms with E-state index in [1.54, 1.807) is 23.1 Å². The minimum atomic E-state index is -3.69. The first kappa shape index (κ1) is 15.9. The van der Waals surface area contributed by atoms with Crippen LogP contribution in [0.4, 0.5) is 0 Å². The molecule has 0 spiro atoms. The molecule has 8 heteroatoms. The molecule has 0 radical (unpaired) electrons. The number of primary sulfonamides is 1. The number of rotatable bonds is 4. The van der Waals surface area contributed by atoms with Crippen LogP contribution in [0.25, 0.3) is 5.69 Å². The van der Waals surface area contributed by atoms with Crippen LogP contribution in [0.5, 0.6) is 0 Å². The first-order valence-corrected chi connectivity index (χ1v) is 9.36. The average molecular weight is 355 g/mol. The van der Waals surface area contributed by atoms with Gasteiger partial charge in [-0.3, -0.25) is 4.90 Å². The van der Waals surface area contributed by atoms with Crippen LogP contribution in [0.1, 0.15) is 17.0 Å². The number of aromatic nitrogens is 3. The summed E-state index contributed by atoms with van der Waals surface area (Å²) < 4.78 is 24.2. The van der Waals surface area contributed by atoms with E-state index in [0.717, 1.165) is 24.6 Å². The van der Waals surface area contributed by atoms with Gasteiger partial charge in [-0.15, -0.1) is 5.10 Å². The number of nitrogens with two attached hydrogens (primary N) is 1. The van der Waals surface area contributed by atoms with Gasteiger partial charge in [-0.2, -0.15) is 0 Å². The second-order valence-corrected chi connectivity index (χ2v) is 7.62. The van der Waals surface area contributed by atoms with Gasteiger partial charge in [0.05, 0.1) is 17.1 Å². The maximum atomic E-state index is 11.3. The summed E-state index contributed by atoms with van der Waals surface area (Å²) in [7, 11) is -3.69. The predicted octanol–water partition coefficient (Wildman–Crippen LogP) is 1.43. The highest BCUT2D eigenvalue weighted by Gasteiger charge is 2.19. The molecule has 128 valence electrons. The van der Waals surface area contributed by atoms with Crippen LogP contribution in [0.2, 0.25) is 0 Å². The summed E-state index contributed by atoms with van der Waals surface area (Å²) in [6.07, 6.45) is 1.63. The summed E-state index contributed by atoms with van der Waals surface area (Å²) in [5.41, 5.74) is 3.43. The molecule has 0 aliphatic carbocycles. The molecule has 0 unspecified atom stereocenters. The molecule has 0 atom stereocenters. The Balaban J connectivity index is 1.48. The van der Waals surface area contributed by atoms with Crippen molar-refractivity contribution in [1.29, 1.82) is 0 Å². The van der Waals surface area contributed by atoms with Crippen LogP contribution >= 0.6 is 0 Å². The molecular formula is C17H17N5O2S. The molecule has 25 heavy (non-hydrogen) atoms. The van der Waals surface area contributed by atoms with Gasteiger partial charge in [-0.05, 0) is 35.4 Å². The highest BCUT2D eigenvalue weighted by Crippen LogP contribution is 2.23. The van der Waals surface area contributed by atoms with Gasteiger partial charge in [-0.1, -0.05) is 24.3 Å². The number of fused-ring (bicyclic) bond motifs is 1. The van der Waals surface area contributed by atoms with Crippen molar-refractivity contribution in [3.63, 3.8) is 0 Å². The molecule has 2 N–H and O–H groups in total. The van der Waals surface area contributed by atoms with Crippen molar-refractivity contribution in [1.82, 2.24) is 19.7 Å². The molecule has 7 nitrogen and oxygen atoms in total. The number of nitrogens with zero attached hydrogens (tertiary/aromatic N) is 4. The van der Waals surface area contributed by atoms with E-state index in [2.05, 4.69) is 39.2 Å². The van der Waals surface area contributed by atoms with Crippen molar-refractivity contribution in [2.24, 2.45) is 5.14 Å². The Bertz CT molecular complexity index is 987. The number of benzene rings is 2. The maximum absolute atomic E-state index is 11.3. The van der Waals surface area contributed by atoms with Crippen molar-refractivity contribution < 1.29 is 8.42 Å². The van der Waals surface area contributed by atoms with Gasteiger partial charge in [0.1, 0.15) is 6.33 Å². The second-order valence-electron chi connectivity index (χ2n) is 6.06. The summed E-state index contributed by atoms with van der Waals surface area (Å²) in [6, 6.07) is 14.6. The van der Waals surface area contributed by atoms with Crippen LogP contribution in [0.3, 0.4) is 0 Å². The largest absolute Gasteiger partial charge is 0.287 e. The van der Waals surface area contributed by atoms with E-state index in [0.29, 0.717) is 6.54 Å². The van der Waals surface area contributed by atoms with Crippen LogP contribution in [-0.2, 0) is 29.7 Å². The Hall–Kier alpha value is -2.55. The first-order valence-electron chi connectivity index (χ1n) is 7.82. The number of sulfonamides is 1. The van der Waals surface area contributed by atoms with Gasteiger partial charge >= 0.3 is 0 Å². The number of hydrogen-bond acceptors (Lipinski definition) is 5. The van der Waals surface area contributed by atoms with E-state index >= 15 is 0 Å². The Morgan fingerprint density at radius 1 is 1.00 bits per heavy atom. The average Bonchev–Trinajstić information content (AvgIpc) is 3.20. The zero-order valence-electron chi connectivity index (χ0n) is 13.4. The van der Waals surface area contributed by atoms with Gasteiger partial charge in [0.15, 0.2) is 5.82 Å². The van der Waals surface area contributed by atoms with Gasteiger partial charge in [-0.25, -0.2) is 23.2 Å². The van der Waals surface area contributed by atoms with Crippen molar-refractivity contribution in [3.05, 3.63) is 71.8 Å². The molecule has 0 saturated carbocycles. The Labute approximate surface area is 145 Å².